The maximum absolute atomic E-state index is 13.1. The van der Waals surface area contributed by atoms with Gasteiger partial charge in [0, 0.05) is 37.6 Å². The average Bonchev–Trinajstić information content (AvgIpc) is 3.71. The van der Waals surface area contributed by atoms with Crippen LogP contribution in [-0.2, 0) is 12.7 Å². The Bertz CT molecular complexity index is 1980. The molecule has 4 aromatic rings. The van der Waals surface area contributed by atoms with E-state index in [2.05, 4.69) is 42.6 Å². The number of hydrogen-bond acceptors (Lipinski definition) is 10. The predicted molar refractivity (Wildman–Crippen MR) is 186 cm³/mol. The number of aliphatic hydroxyl groups is 2. The third kappa shape index (κ3) is 6.64. The summed E-state index contributed by atoms with van der Waals surface area (Å²) in [6.45, 7) is 4.80. The quantitative estimate of drug-likeness (QED) is 0.204. The second kappa shape index (κ2) is 13.3. The first-order chi connectivity index (χ1) is 24.9. The van der Waals surface area contributed by atoms with Gasteiger partial charge in [0.2, 0.25) is 0 Å². The van der Waals surface area contributed by atoms with Gasteiger partial charge in [-0.25, -0.2) is 14.6 Å². The number of pyridine rings is 1. The lowest BCUT2D eigenvalue weighted by Gasteiger charge is -2.40. The van der Waals surface area contributed by atoms with Crippen LogP contribution >= 0.6 is 0 Å². The Balaban J connectivity index is 0.851. The molecule has 0 bridgehead atoms. The van der Waals surface area contributed by atoms with E-state index in [1.807, 2.05) is 36.4 Å². The summed E-state index contributed by atoms with van der Waals surface area (Å²) in [5.41, 5.74) is 2.83. The Morgan fingerprint density at radius 2 is 1.71 bits per heavy atom. The summed E-state index contributed by atoms with van der Waals surface area (Å²) in [5.74, 6) is -1.63. The number of benzene rings is 2. The lowest BCUT2D eigenvalue weighted by atomic mass is 9.77. The summed E-state index contributed by atoms with van der Waals surface area (Å²) in [7, 11) is 0. The molecule has 52 heavy (non-hydrogen) atoms. The number of halogens is 3. The van der Waals surface area contributed by atoms with Crippen LogP contribution < -0.4 is 20.4 Å². The highest BCUT2D eigenvalue weighted by Gasteiger charge is 2.44. The average molecular weight is 717 g/mol. The number of hydrogen-bond donors (Lipinski definition) is 4. The van der Waals surface area contributed by atoms with Crippen LogP contribution in [0.4, 0.5) is 30.2 Å². The molecule has 4 N–H and O–H groups in total. The van der Waals surface area contributed by atoms with Crippen LogP contribution in [0.5, 0.6) is 0 Å². The predicted octanol–water partition coefficient (Wildman–Crippen LogP) is 4.38. The minimum Gasteiger partial charge on any atom is -0.379 e. The molecule has 12 nitrogen and oxygen atoms in total. The number of anilines is 3. The fraction of sp³-hybridized carbons (Fsp3) is 0.405. The second-order valence-electron chi connectivity index (χ2n) is 14.3. The standard InChI is InChI=1S/C37H39F3N8O4/c38-37(39,40)30-6-2-5-28(42-30)34(51)48-29-21-47(44-32(29)35(48)52)25-9-7-23(8-10-25)20-45-16-13-36(22-45)14-17-46(18-15-36)26-4-1-3-24(19-26)41-27-11-12-31(49)43-33(27)50/h1-10,19,21,27,31,33,41,43,49-50H,11-18,20,22H2. The van der Waals surface area contributed by atoms with E-state index < -0.39 is 41.8 Å². The number of piperidine rings is 2. The number of aromatic nitrogens is 3. The van der Waals surface area contributed by atoms with Gasteiger partial charge in [-0.1, -0.05) is 24.3 Å². The summed E-state index contributed by atoms with van der Waals surface area (Å²) < 4.78 is 40.9. The fourth-order valence-corrected chi connectivity index (χ4v) is 7.88. The molecular weight excluding hydrogens is 677 g/mol. The van der Waals surface area contributed by atoms with Crippen molar-refractivity contribution in [3.05, 3.63) is 95.6 Å². The van der Waals surface area contributed by atoms with Gasteiger partial charge < -0.3 is 20.4 Å². The van der Waals surface area contributed by atoms with Gasteiger partial charge in [-0.05, 0) is 92.1 Å². The highest BCUT2D eigenvalue weighted by molar-refractivity contribution is 6.33. The van der Waals surface area contributed by atoms with E-state index in [4.69, 9.17) is 0 Å². The molecule has 4 aliphatic rings. The first-order valence-corrected chi connectivity index (χ1v) is 17.5. The zero-order valence-electron chi connectivity index (χ0n) is 28.3. The first-order valence-electron chi connectivity index (χ1n) is 17.5. The van der Waals surface area contributed by atoms with Crippen molar-refractivity contribution in [3.8, 4) is 5.69 Å². The van der Waals surface area contributed by atoms with Crippen LogP contribution in [-0.4, -0.2) is 86.4 Å². The molecule has 0 radical (unpaired) electrons. The number of likely N-dealkylation sites (tertiary alicyclic amines) is 1. The molecule has 0 saturated carbocycles. The molecule has 15 heteroatoms. The van der Waals surface area contributed by atoms with Gasteiger partial charge in [0.05, 0.1) is 17.9 Å². The number of alkyl halides is 3. The molecule has 6 heterocycles. The van der Waals surface area contributed by atoms with Crippen molar-refractivity contribution in [1.29, 1.82) is 0 Å². The van der Waals surface area contributed by atoms with Crippen LogP contribution in [0.1, 0.15) is 64.3 Å². The summed E-state index contributed by atoms with van der Waals surface area (Å²) in [4.78, 5) is 34.8. The first kappa shape index (κ1) is 34.3. The molecule has 2 amide bonds. The Morgan fingerprint density at radius 3 is 2.46 bits per heavy atom. The van der Waals surface area contributed by atoms with Gasteiger partial charge in [-0.2, -0.15) is 18.3 Å². The van der Waals surface area contributed by atoms with Gasteiger partial charge in [0.1, 0.15) is 29.5 Å². The van der Waals surface area contributed by atoms with E-state index in [0.717, 1.165) is 92.0 Å². The van der Waals surface area contributed by atoms with Gasteiger partial charge in [-0.3, -0.25) is 19.8 Å². The number of carbonyl (C=O) groups is 2. The van der Waals surface area contributed by atoms with Crippen LogP contribution in [0.15, 0.2) is 72.9 Å². The number of carbonyl (C=O) groups excluding carboxylic acids is 2. The molecular formula is C37H39F3N8O4. The van der Waals surface area contributed by atoms with E-state index in [9.17, 15) is 33.0 Å². The van der Waals surface area contributed by atoms with Crippen LogP contribution in [0.3, 0.4) is 0 Å². The molecule has 3 saturated heterocycles. The van der Waals surface area contributed by atoms with E-state index >= 15 is 0 Å². The largest absolute Gasteiger partial charge is 0.433 e. The molecule has 2 aromatic carbocycles. The minimum atomic E-state index is -4.72. The maximum atomic E-state index is 13.1. The number of nitrogens with zero attached hydrogens (tertiary/aromatic N) is 6. The third-order valence-corrected chi connectivity index (χ3v) is 10.8. The monoisotopic (exact) mass is 716 g/mol. The van der Waals surface area contributed by atoms with Crippen molar-refractivity contribution in [1.82, 2.24) is 25.0 Å². The number of fused-ring (bicyclic) bond motifs is 1. The van der Waals surface area contributed by atoms with Crippen LogP contribution in [0, 0.1) is 5.41 Å². The van der Waals surface area contributed by atoms with Gasteiger partial charge in [-0.15, -0.1) is 0 Å². The Kier molecular flexibility index (Phi) is 8.76. The van der Waals surface area contributed by atoms with Crippen LogP contribution in [0.2, 0.25) is 0 Å². The molecule has 3 unspecified atom stereocenters. The Labute approximate surface area is 297 Å². The van der Waals surface area contributed by atoms with Crippen molar-refractivity contribution in [3.63, 3.8) is 0 Å². The van der Waals surface area contributed by atoms with E-state index in [1.165, 1.54) is 10.9 Å². The highest BCUT2D eigenvalue weighted by Crippen LogP contribution is 2.42. The van der Waals surface area contributed by atoms with Gasteiger partial charge in [0.15, 0.2) is 5.69 Å². The summed E-state index contributed by atoms with van der Waals surface area (Å²) >= 11 is 0. The van der Waals surface area contributed by atoms with Crippen molar-refractivity contribution in [2.24, 2.45) is 5.41 Å². The Morgan fingerprint density at radius 1 is 0.962 bits per heavy atom. The van der Waals surface area contributed by atoms with E-state index in [-0.39, 0.29) is 22.8 Å². The summed E-state index contributed by atoms with van der Waals surface area (Å²) in [6.07, 6.45) is -0.0523. The van der Waals surface area contributed by atoms with Crippen molar-refractivity contribution in [2.45, 2.75) is 63.3 Å². The minimum absolute atomic E-state index is 0.0700. The third-order valence-electron chi connectivity index (χ3n) is 10.8. The number of imide groups is 1. The second-order valence-corrected chi connectivity index (χ2v) is 14.3. The SMILES string of the molecule is O=C(c1cccc(C(F)(F)F)n1)N1C(=O)c2nn(-c3ccc(CN4CCC5(CCN(c6cccc(NC7CCC(O)NC7O)c6)CC5)C4)cc3)cc21. The molecule has 272 valence electrons. The zero-order valence-corrected chi connectivity index (χ0v) is 28.3. The molecule has 8 rings (SSSR count). The zero-order chi connectivity index (χ0) is 36.2. The van der Waals surface area contributed by atoms with Crippen molar-refractivity contribution < 1.29 is 33.0 Å². The topological polar surface area (TPSA) is 139 Å². The fourth-order valence-electron chi connectivity index (χ4n) is 7.88. The number of aliphatic hydroxyl groups excluding tert-OH is 2. The number of amides is 2. The van der Waals surface area contributed by atoms with Crippen molar-refractivity contribution >= 4 is 28.9 Å². The molecule has 3 fully saturated rings. The van der Waals surface area contributed by atoms with E-state index in [1.54, 1.807) is 0 Å². The van der Waals surface area contributed by atoms with Crippen LogP contribution in [0.25, 0.3) is 5.69 Å². The number of rotatable bonds is 7. The van der Waals surface area contributed by atoms with E-state index in [0.29, 0.717) is 18.5 Å². The Hall–Kier alpha value is -4.83. The molecule has 1 spiro atoms. The number of nitrogens with one attached hydrogen (secondary N) is 2. The highest BCUT2D eigenvalue weighted by atomic mass is 19.4. The molecule has 2 aromatic heterocycles. The lowest BCUT2D eigenvalue weighted by Crippen LogP contribution is -2.53. The molecule has 3 atom stereocenters. The smallest absolute Gasteiger partial charge is 0.379 e. The normalized spacial score (nSPS) is 23.1. The summed E-state index contributed by atoms with van der Waals surface area (Å²) in [5, 5.41) is 30.6. The van der Waals surface area contributed by atoms with Gasteiger partial charge >= 0.3 is 6.18 Å². The lowest BCUT2D eigenvalue weighted by molar-refractivity contribution is -0.141. The maximum Gasteiger partial charge on any atom is 0.433 e. The molecule has 4 aliphatic heterocycles. The van der Waals surface area contributed by atoms with Crippen molar-refractivity contribution in [2.75, 3.05) is 41.3 Å². The van der Waals surface area contributed by atoms with Gasteiger partial charge in [0.25, 0.3) is 11.8 Å². The molecule has 0 aliphatic carbocycles. The summed E-state index contributed by atoms with van der Waals surface area (Å²) in [6, 6.07) is 19.0.